The molecule has 1 aromatic rings. The minimum absolute atomic E-state index is 0.174. The first-order valence-corrected chi connectivity index (χ1v) is 6.23. The van der Waals surface area contributed by atoms with Crippen LogP contribution < -0.4 is 10.6 Å². The molecule has 0 aliphatic rings. The number of nitrogens with one attached hydrogen (secondary N) is 3. The van der Waals surface area contributed by atoms with Crippen LogP contribution in [0.1, 0.15) is 26.0 Å². The van der Waals surface area contributed by atoms with Crippen LogP contribution in [0, 0.1) is 5.92 Å². The van der Waals surface area contributed by atoms with E-state index in [1.165, 1.54) is 12.5 Å². The van der Waals surface area contributed by atoms with E-state index in [-0.39, 0.29) is 6.42 Å². The monoisotopic (exact) mass is 268 g/mol. The van der Waals surface area contributed by atoms with E-state index in [1.54, 1.807) is 0 Å². The maximum atomic E-state index is 11.6. The highest BCUT2D eigenvalue weighted by Gasteiger charge is 2.20. The number of amides is 2. The third kappa shape index (κ3) is 5.89. The van der Waals surface area contributed by atoms with Crippen molar-refractivity contribution in [1.29, 1.82) is 0 Å². The molecule has 7 nitrogen and oxygen atoms in total. The Bertz CT molecular complexity index is 403. The van der Waals surface area contributed by atoms with Crippen LogP contribution in [0.5, 0.6) is 0 Å². The molecular formula is C12H20N4O3. The van der Waals surface area contributed by atoms with Gasteiger partial charge in [-0.05, 0) is 12.3 Å². The van der Waals surface area contributed by atoms with E-state index < -0.39 is 18.0 Å². The fourth-order valence-corrected chi connectivity index (χ4v) is 1.50. The van der Waals surface area contributed by atoms with Crippen molar-refractivity contribution in [3.63, 3.8) is 0 Å². The Morgan fingerprint density at radius 3 is 2.74 bits per heavy atom. The summed E-state index contributed by atoms with van der Waals surface area (Å²) in [7, 11) is 0. The van der Waals surface area contributed by atoms with Gasteiger partial charge in [-0.25, -0.2) is 14.6 Å². The largest absolute Gasteiger partial charge is 0.480 e. The highest BCUT2D eigenvalue weighted by molar-refractivity contribution is 5.82. The van der Waals surface area contributed by atoms with Gasteiger partial charge in [-0.1, -0.05) is 13.8 Å². The average Bonchev–Trinajstić information content (AvgIpc) is 2.80. The van der Waals surface area contributed by atoms with Crippen molar-refractivity contribution in [2.24, 2.45) is 5.92 Å². The number of urea groups is 1. The van der Waals surface area contributed by atoms with E-state index in [0.29, 0.717) is 18.2 Å². The Kier molecular flexibility index (Phi) is 5.84. The van der Waals surface area contributed by atoms with Crippen molar-refractivity contribution < 1.29 is 14.7 Å². The maximum Gasteiger partial charge on any atom is 0.326 e. The zero-order valence-electron chi connectivity index (χ0n) is 11.1. The van der Waals surface area contributed by atoms with Crippen LogP contribution in [0.25, 0.3) is 0 Å². The van der Waals surface area contributed by atoms with Crippen molar-refractivity contribution in [3.05, 3.63) is 18.2 Å². The average molecular weight is 268 g/mol. The lowest BCUT2D eigenvalue weighted by atomic mass is 10.1. The Morgan fingerprint density at radius 2 is 2.21 bits per heavy atom. The minimum atomic E-state index is -1.08. The smallest absolute Gasteiger partial charge is 0.326 e. The Morgan fingerprint density at radius 1 is 1.47 bits per heavy atom. The van der Waals surface area contributed by atoms with E-state index in [1.807, 2.05) is 0 Å². The first kappa shape index (κ1) is 15.0. The summed E-state index contributed by atoms with van der Waals surface area (Å²) in [4.78, 5) is 29.2. The molecule has 1 heterocycles. The number of rotatable bonds is 7. The summed E-state index contributed by atoms with van der Waals surface area (Å²) in [6.45, 7) is 4.63. The van der Waals surface area contributed by atoms with Gasteiger partial charge in [-0.2, -0.15) is 0 Å². The first-order valence-electron chi connectivity index (χ1n) is 6.23. The van der Waals surface area contributed by atoms with Crippen LogP contribution in [-0.2, 0) is 11.2 Å². The molecule has 0 saturated carbocycles. The van der Waals surface area contributed by atoms with E-state index in [2.05, 4.69) is 34.4 Å². The highest BCUT2D eigenvalue weighted by atomic mass is 16.4. The van der Waals surface area contributed by atoms with Crippen LogP contribution in [0.3, 0.4) is 0 Å². The normalized spacial score (nSPS) is 12.2. The summed E-state index contributed by atoms with van der Waals surface area (Å²) in [6.07, 6.45) is 4.03. The number of hydrogen-bond donors (Lipinski definition) is 4. The van der Waals surface area contributed by atoms with E-state index in [4.69, 9.17) is 5.11 Å². The molecule has 0 radical (unpaired) electrons. The minimum Gasteiger partial charge on any atom is -0.480 e. The molecule has 4 N–H and O–H groups in total. The fraction of sp³-hybridized carbons (Fsp3) is 0.583. The van der Waals surface area contributed by atoms with Gasteiger partial charge in [0, 0.05) is 24.9 Å². The Labute approximate surface area is 111 Å². The number of aliphatic carboxylic acids is 1. The van der Waals surface area contributed by atoms with Gasteiger partial charge in [0.2, 0.25) is 0 Å². The van der Waals surface area contributed by atoms with Gasteiger partial charge in [0.1, 0.15) is 6.04 Å². The van der Waals surface area contributed by atoms with Crippen molar-refractivity contribution in [2.45, 2.75) is 32.7 Å². The van der Waals surface area contributed by atoms with Gasteiger partial charge >= 0.3 is 12.0 Å². The van der Waals surface area contributed by atoms with Gasteiger partial charge in [0.25, 0.3) is 0 Å². The molecular weight excluding hydrogens is 248 g/mol. The number of hydrogen-bond acceptors (Lipinski definition) is 3. The molecule has 1 aromatic heterocycles. The van der Waals surface area contributed by atoms with Crippen LogP contribution in [-0.4, -0.2) is 39.7 Å². The van der Waals surface area contributed by atoms with Crippen LogP contribution in [0.2, 0.25) is 0 Å². The topological polar surface area (TPSA) is 107 Å². The maximum absolute atomic E-state index is 11.6. The predicted octanol–water partition coefficient (Wildman–Crippen LogP) is 0.751. The van der Waals surface area contributed by atoms with Crippen LogP contribution in [0.4, 0.5) is 4.79 Å². The number of aromatic nitrogens is 2. The summed E-state index contributed by atoms with van der Waals surface area (Å²) < 4.78 is 0. The Balaban J connectivity index is 2.40. The lowest BCUT2D eigenvalue weighted by molar-refractivity contribution is -0.139. The van der Waals surface area contributed by atoms with Crippen LogP contribution in [0.15, 0.2) is 12.5 Å². The summed E-state index contributed by atoms with van der Waals surface area (Å²) >= 11 is 0. The first-order chi connectivity index (χ1) is 8.99. The van der Waals surface area contributed by atoms with Crippen molar-refractivity contribution >= 4 is 12.0 Å². The fourth-order valence-electron chi connectivity index (χ4n) is 1.50. The van der Waals surface area contributed by atoms with E-state index in [9.17, 15) is 9.59 Å². The molecule has 0 unspecified atom stereocenters. The number of imidazole rings is 1. The summed E-state index contributed by atoms with van der Waals surface area (Å²) in [5, 5.41) is 14.1. The zero-order chi connectivity index (χ0) is 14.3. The van der Waals surface area contributed by atoms with E-state index in [0.717, 1.165) is 6.42 Å². The van der Waals surface area contributed by atoms with Gasteiger partial charge in [-0.3, -0.25) is 0 Å². The predicted molar refractivity (Wildman–Crippen MR) is 69.7 cm³/mol. The SMILES string of the molecule is CC(C)CCNC(=O)N[C@H](Cc1cnc[nH]1)C(=O)O. The number of carboxylic acid groups (broad SMARTS) is 1. The lowest BCUT2D eigenvalue weighted by Crippen LogP contribution is -2.47. The quantitative estimate of drug-likeness (QED) is 0.585. The molecule has 0 bridgehead atoms. The molecule has 0 aromatic carbocycles. The summed E-state index contributed by atoms with van der Waals surface area (Å²) in [5.74, 6) is -0.589. The third-order valence-electron chi connectivity index (χ3n) is 2.59. The third-order valence-corrected chi connectivity index (χ3v) is 2.59. The van der Waals surface area contributed by atoms with Gasteiger partial charge in [0.05, 0.1) is 6.33 Å². The number of carbonyl (C=O) groups is 2. The number of nitrogens with zero attached hydrogens (tertiary/aromatic N) is 1. The molecule has 0 saturated heterocycles. The van der Waals surface area contributed by atoms with Crippen molar-refractivity contribution in [1.82, 2.24) is 20.6 Å². The molecule has 1 atom stereocenters. The second-order valence-electron chi connectivity index (χ2n) is 4.75. The molecule has 0 aliphatic heterocycles. The van der Waals surface area contributed by atoms with Gasteiger partial charge in [-0.15, -0.1) is 0 Å². The van der Waals surface area contributed by atoms with Crippen LogP contribution >= 0.6 is 0 Å². The Hall–Kier alpha value is -2.05. The van der Waals surface area contributed by atoms with Crippen molar-refractivity contribution in [3.8, 4) is 0 Å². The summed E-state index contributed by atoms with van der Waals surface area (Å²) in [5.41, 5.74) is 0.662. The molecule has 19 heavy (non-hydrogen) atoms. The summed E-state index contributed by atoms with van der Waals surface area (Å²) in [6, 6.07) is -1.44. The molecule has 1 rings (SSSR count). The van der Waals surface area contributed by atoms with E-state index >= 15 is 0 Å². The number of carboxylic acids is 1. The molecule has 0 fully saturated rings. The molecule has 2 amide bonds. The zero-order valence-corrected chi connectivity index (χ0v) is 11.1. The second kappa shape index (κ2) is 7.40. The number of aromatic amines is 1. The van der Waals surface area contributed by atoms with Crippen molar-refractivity contribution in [2.75, 3.05) is 6.54 Å². The second-order valence-corrected chi connectivity index (χ2v) is 4.75. The number of H-pyrrole nitrogens is 1. The highest BCUT2D eigenvalue weighted by Crippen LogP contribution is 1.99. The van der Waals surface area contributed by atoms with Gasteiger partial charge < -0.3 is 20.7 Å². The standard InChI is InChI=1S/C12H20N4O3/c1-8(2)3-4-14-12(19)16-10(11(17)18)5-9-6-13-7-15-9/h6-8,10H,3-5H2,1-2H3,(H,13,15)(H,17,18)(H2,14,16,19)/t10-/m1/s1. The lowest BCUT2D eigenvalue weighted by Gasteiger charge is -2.14. The molecule has 0 aliphatic carbocycles. The van der Waals surface area contributed by atoms with Gasteiger partial charge in [0.15, 0.2) is 0 Å². The number of carbonyl (C=O) groups excluding carboxylic acids is 1. The molecule has 0 spiro atoms. The molecule has 7 heteroatoms. The molecule has 106 valence electrons.